The van der Waals surface area contributed by atoms with E-state index in [0.717, 1.165) is 66.2 Å². The molecule has 4 heteroatoms. The normalized spacial score (nSPS) is 12.1. The van der Waals surface area contributed by atoms with Gasteiger partial charge in [0.25, 0.3) is 0 Å². The van der Waals surface area contributed by atoms with Gasteiger partial charge in [0, 0.05) is 33.4 Å². The maximum absolute atomic E-state index is 6.95. The largest absolute Gasteiger partial charge is 0.455 e. The lowest BCUT2D eigenvalue weighted by atomic mass is 10.1. The van der Waals surface area contributed by atoms with Crippen LogP contribution in [0.2, 0.25) is 0 Å². The number of fused-ring (bicyclic) bond motifs is 11. The van der Waals surface area contributed by atoms with Crippen molar-refractivity contribution >= 4 is 65.6 Å². The monoisotopic (exact) mass is 499 g/mol. The Morgan fingerprint density at radius 2 is 1.00 bits per heavy atom. The average Bonchev–Trinajstić information content (AvgIpc) is 3.65. The molecule has 0 aliphatic heterocycles. The summed E-state index contributed by atoms with van der Waals surface area (Å²) < 4.78 is 11.5. The molecule has 0 saturated heterocycles. The van der Waals surface area contributed by atoms with Crippen LogP contribution in [0.3, 0.4) is 0 Å². The Hall–Kier alpha value is -5.35. The number of rotatable bonds is 2. The van der Waals surface area contributed by atoms with Gasteiger partial charge in [0.05, 0.1) is 32.8 Å². The fourth-order valence-electron chi connectivity index (χ4n) is 6.38. The first-order valence-corrected chi connectivity index (χ1v) is 13.2. The SMILES string of the molecule is c1ccc(-n2c3ccccc3c3c4oc5c(ccc6c5c5ccccc5n6-c5ccccn5)c4ccc32)cc1. The molecule has 0 amide bonds. The van der Waals surface area contributed by atoms with Crippen molar-refractivity contribution in [2.45, 2.75) is 0 Å². The highest BCUT2D eigenvalue weighted by atomic mass is 16.3. The van der Waals surface area contributed by atoms with E-state index in [0.29, 0.717) is 0 Å². The molecule has 9 aromatic rings. The molecular weight excluding hydrogens is 478 g/mol. The zero-order valence-electron chi connectivity index (χ0n) is 20.9. The lowest BCUT2D eigenvalue weighted by molar-refractivity contribution is 0.677. The van der Waals surface area contributed by atoms with E-state index in [1.54, 1.807) is 0 Å². The van der Waals surface area contributed by atoms with Gasteiger partial charge in [0.15, 0.2) is 0 Å². The third-order valence-corrected chi connectivity index (χ3v) is 7.97. The fourth-order valence-corrected chi connectivity index (χ4v) is 6.38. The molecule has 39 heavy (non-hydrogen) atoms. The van der Waals surface area contributed by atoms with E-state index in [9.17, 15) is 0 Å². The highest BCUT2D eigenvalue weighted by Crippen LogP contribution is 2.44. The molecule has 0 bridgehead atoms. The van der Waals surface area contributed by atoms with Gasteiger partial charge in [-0.3, -0.25) is 4.57 Å². The second kappa shape index (κ2) is 7.59. The van der Waals surface area contributed by atoms with Crippen molar-refractivity contribution in [1.82, 2.24) is 14.1 Å². The summed E-state index contributed by atoms with van der Waals surface area (Å²) in [6.45, 7) is 0. The molecule has 0 spiro atoms. The third kappa shape index (κ3) is 2.70. The number of aromatic nitrogens is 3. The van der Waals surface area contributed by atoms with Crippen LogP contribution in [0.4, 0.5) is 0 Å². The summed E-state index contributed by atoms with van der Waals surface area (Å²) in [6, 6.07) is 42.6. The van der Waals surface area contributed by atoms with Crippen LogP contribution >= 0.6 is 0 Å². The Kier molecular flexibility index (Phi) is 4.02. The van der Waals surface area contributed by atoms with Gasteiger partial charge in [-0.25, -0.2) is 4.98 Å². The average molecular weight is 500 g/mol. The van der Waals surface area contributed by atoms with Crippen molar-refractivity contribution in [3.05, 3.63) is 128 Å². The van der Waals surface area contributed by atoms with E-state index in [1.165, 1.54) is 10.9 Å². The van der Waals surface area contributed by atoms with Crippen LogP contribution in [0.1, 0.15) is 0 Å². The number of benzene rings is 5. The van der Waals surface area contributed by atoms with Gasteiger partial charge in [0.2, 0.25) is 0 Å². The van der Waals surface area contributed by atoms with Crippen molar-refractivity contribution in [1.29, 1.82) is 0 Å². The predicted molar refractivity (Wildman–Crippen MR) is 160 cm³/mol. The first-order chi connectivity index (χ1) is 19.4. The first-order valence-electron chi connectivity index (χ1n) is 13.2. The summed E-state index contributed by atoms with van der Waals surface area (Å²) in [4.78, 5) is 4.68. The lowest BCUT2D eigenvalue weighted by Crippen LogP contribution is -1.95. The Bertz CT molecular complexity index is 2210. The number of hydrogen-bond donors (Lipinski definition) is 0. The summed E-state index contributed by atoms with van der Waals surface area (Å²) in [5, 5.41) is 6.86. The zero-order chi connectivity index (χ0) is 25.5. The van der Waals surface area contributed by atoms with Crippen molar-refractivity contribution < 1.29 is 4.42 Å². The fraction of sp³-hybridized carbons (Fsp3) is 0. The quantitative estimate of drug-likeness (QED) is 0.238. The molecule has 0 aliphatic rings. The summed E-state index contributed by atoms with van der Waals surface area (Å²) >= 11 is 0. The maximum Gasteiger partial charge on any atom is 0.145 e. The maximum atomic E-state index is 6.95. The Balaban J connectivity index is 1.47. The van der Waals surface area contributed by atoms with E-state index < -0.39 is 0 Å². The molecule has 0 radical (unpaired) electrons. The molecule has 5 aromatic carbocycles. The number of nitrogens with zero attached hydrogens (tertiary/aromatic N) is 3. The topological polar surface area (TPSA) is 35.9 Å². The minimum atomic E-state index is 0.896. The molecular formula is C35H21N3O. The second-order valence-electron chi connectivity index (χ2n) is 10.0. The van der Waals surface area contributed by atoms with Crippen LogP contribution in [0.25, 0.3) is 77.1 Å². The number of furan rings is 1. The Morgan fingerprint density at radius 3 is 1.64 bits per heavy atom. The summed E-state index contributed by atoms with van der Waals surface area (Å²) in [5.41, 5.74) is 7.49. The van der Waals surface area contributed by atoms with Crippen molar-refractivity contribution in [2.24, 2.45) is 0 Å². The van der Waals surface area contributed by atoms with Gasteiger partial charge >= 0.3 is 0 Å². The van der Waals surface area contributed by atoms with Gasteiger partial charge in [-0.05, 0) is 60.7 Å². The molecule has 0 atom stereocenters. The number of pyridine rings is 1. The van der Waals surface area contributed by atoms with Gasteiger partial charge in [-0.15, -0.1) is 0 Å². The van der Waals surface area contributed by atoms with E-state index >= 15 is 0 Å². The Labute approximate surface area is 222 Å². The van der Waals surface area contributed by atoms with Crippen molar-refractivity contribution in [3.8, 4) is 11.5 Å². The molecule has 0 N–H and O–H groups in total. The molecule has 4 heterocycles. The second-order valence-corrected chi connectivity index (χ2v) is 10.0. The van der Waals surface area contributed by atoms with E-state index in [2.05, 4.69) is 123 Å². The highest BCUT2D eigenvalue weighted by molar-refractivity contribution is 6.28. The number of hydrogen-bond acceptors (Lipinski definition) is 2. The zero-order valence-corrected chi connectivity index (χ0v) is 20.9. The van der Waals surface area contributed by atoms with Crippen LogP contribution in [-0.2, 0) is 0 Å². The van der Waals surface area contributed by atoms with Gasteiger partial charge in [-0.1, -0.05) is 60.7 Å². The van der Waals surface area contributed by atoms with Crippen LogP contribution in [-0.4, -0.2) is 14.1 Å². The molecule has 0 aliphatic carbocycles. The van der Waals surface area contributed by atoms with Gasteiger partial charge < -0.3 is 8.98 Å². The minimum Gasteiger partial charge on any atom is -0.455 e. The molecule has 0 fully saturated rings. The van der Waals surface area contributed by atoms with Gasteiger partial charge in [0.1, 0.15) is 17.0 Å². The molecule has 0 unspecified atom stereocenters. The molecule has 4 nitrogen and oxygen atoms in total. The van der Waals surface area contributed by atoms with Crippen LogP contribution in [0.15, 0.2) is 132 Å². The van der Waals surface area contributed by atoms with Crippen molar-refractivity contribution in [2.75, 3.05) is 0 Å². The highest BCUT2D eigenvalue weighted by Gasteiger charge is 2.22. The summed E-state index contributed by atoms with van der Waals surface area (Å²) in [7, 11) is 0. The Morgan fingerprint density at radius 1 is 0.436 bits per heavy atom. The summed E-state index contributed by atoms with van der Waals surface area (Å²) in [5.74, 6) is 0.896. The molecule has 182 valence electrons. The van der Waals surface area contributed by atoms with Crippen LogP contribution < -0.4 is 0 Å². The predicted octanol–water partition coefficient (Wildman–Crippen LogP) is 9.18. The molecule has 4 aromatic heterocycles. The lowest BCUT2D eigenvalue weighted by Gasteiger charge is -2.07. The molecule has 9 rings (SSSR count). The minimum absolute atomic E-state index is 0.896. The van der Waals surface area contributed by atoms with E-state index in [1.807, 2.05) is 18.3 Å². The summed E-state index contributed by atoms with van der Waals surface area (Å²) in [6.07, 6.45) is 1.84. The first kappa shape index (κ1) is 20.7. The smallest absolute Gasteiger partial charge is 0.145 e. The van der Waals surface area contributed by atoms with E-state index in [-0.39, 0.29) is 0 Å². The van der Waals surface area contributed by atoms with Crippen molar-refractivity contribution in [3.63, 3.8) is 0 Å². The van der Waals surface area contributed by atoms with Crippen LogP contribution in [0, 0.1) is 0 Å². The third-order valence-electron chi connectivity index (χ3n) is 7.97. The van der Waals surface area contributed by atoms with E-state index in [4.69, 9.17) is 4.42 Å². The number of para-hydroxylation sites is 3. The van der Waals surface area contributed by atoms with Crippen LogP contribution in [0.5, 0.6) is 0 Å². The molecule has 0 saturated carbocycles. The van der Waals surface area contributed by atoms with Gasteiger partial charge in [-0.2, -0.15) is 0 Å². The standard InChI is InChI=1S/C35H21N3O/c1-2-10-22(11-3-1)37-27-14-6-4-12-25(27)32-29(37)19-17-23-24-18-20-30-33(35(24)39-34(23)32)26-13-5-7-15-28(26)38(30)31-16-8-9-21-36-31/h1-21H.